The van der Waals surface area contributed by atoms with E-state index in [0.29, 0.717) is 0 Å². The molecule has 9 heteroatoms. The summed E-state index contributed by atoms with van der Waals surface area (Å²) in [5.41, 5.74) is 2.22. The minimum atomic E-state index is -3.00. The number of halogens is 1. The molecule has 0 amide bonds. The molecule has 0 unspecified atom stereocenters. The highest BCUT2D eigenvalue weighted by Gasteiger charge is 2.24. The third kappa shape index (κ3) is 2.61. The zero-order valence-electron chi connectivity index (χ0n) is 8.93. The Morgan fingerprint density at radius 3 is 2.65 bits per heavy atom. The highest BCUT2D eigenvalue weighted by atomic mass is 32.2. The summed E-state index contributed by atoms with van der Waals surface area (Å²) in [6.45, 7) is 0.445. The first-order chi connectivity index (χ1) is 8.02. The van der Waals surface area contributed by atoms with Gasteiger partial charge in [0.05, 0.1) is 17.7 Å². The number of nitrogens with two attached hydrogens (primary N) is 1. The second-order valence-electron chi connectivity index (χ2n) is 3.65. The van der Waals surface area contributed by atoms with Crippen molar-refractivity contribution >= 4 is 21.6 Å². The Morgan fingerprint density at radius 2 is 2.06 bits per heavy atom. The van der Waals surface area contributed by atoms with Crippen LogP contribution in [0.4, 0.5) is 16.2 Å². The molecule has 2 rings (SSSR count). The number of sulfone groups is 1. The average Bonchev–Trinajstić information content (AvgIpc) is 2.30. The number of nitrogens with one attached hydrogen (secondary N) is 1. The average molecular weight is 261 g/mol. The Labute approximate surface area is 97.7 Å². The highest BCUT2D eigenvalue weighted by Crippen LogP contribution is 2.19. The van der Waals surface area contributed by atoms with E-state index in [-0.39, 0.29) is 36.4 Å². The van der Waals surface area contributed by atoms with Gasteiger partial charge in [-0.2, -0.15) is 4.98 Å². The molecule has 0 bridgehead atoms. The lowest BCUT2D eigenvalue weighted by Crippen LogP contribution is -2.41. The van der Waals surface area contributed by atoms with Crippen molar-refractivity contribution in [2.75, 3.05) is 34.9 Å². The fraction of sp³-hybridized carbons (Fsp3) is 0.500. The maximum absolute atomic E-state index is 13.5. The molecule has 7 nitrogen and oxygen atoms in total. The maximum Gasteiger partial charge on any atom is 0.239 e. The molecular formula is C8H12FN5O2S. The van der Waals surface area contributed by atoms with Crippen molar-refractivity contribution in [1.82, 2.24) is 9.97 Å². The summed E-state index contributed by atoms with van der Waals surface area (Å²) < 4.78 is 36.0. The summed E-state index contributed by atoms with van der Waals surface area (Å²) in [6, 6.07) is 0. The van der Waals surface area contributed by atoms with E-state index in [4.69, 9.17) is 5.84 Å². The summed E-state index contributed by atoms with van der Waals surface area (Å²) in [7, 11) is -3.00. The number of hydrogen-bond acceptors (Lipinski definition) is 7. The van der Waals surface area contributed by atoms with Gasteiger partial charge in [0.25, 0.3) is 0 Å². The minimum Gasteiger partial charge on any atom is -0.352 e. The molecule has 0 saturated carbocycles. The second kappa shape index (κ2) is 4.41. The molecule has 3 N–H and O–H groups in total. The van der Waals surface area contributed by atoms with Crippen molar-refractivity contribution in [3.05, 3.63) is 12.0 Å². The van der Waals surface area contributed by atoms with Crippen LogP contribution in [0, 0.1) is 5.82 Å². The van der Waals surface area contributed by atoms with Crippen LogP contribution < -0.4 is 16.2 Å². The van der Waals surface area contributed by atoms with Crippen LogP contribution in [0.2, 0.25) is 0 Å². The fourth-order valence-corrected chi connectivity index (χ4v) is 2.77. The van der Waals surface area contributed by atoms with Crippen molar-refractivity contribution in [2.45, 2.75) is 0 Å². The summed E-state index contributed by atoms with van der Waals surface area (Å²) in [5, 5.41) is 0. The molecule has 94 valence electrons. The molecule has 1 aromatic heterocycles. The SMILES string of the molecule is NNc1ncc(F)c(N2CCS(=O)(=O)CC2)n1. The van der Waals surface area contributed by atoms with Crippen molar-refractivity contribution in [2.24, 2.45) is 5.84 Å². The van der Waals surface area contributed by atoms with Crippen LogP contribution in [0.15, 0.2) is 6.20 Å². The Kier molecular flexibility index (Phi) is 3.11. The highest BCUT2D eigenvalue weighted by molar-refractivity contribution is 7.91. The largest absolute Gasteiger partial charge is 0.352 e. The summed E-state index contributed by atoms with van der Waals surface area (Å²) in [6.07, 6.45) is 1.00. The monoisotopic (exact) mass is 261 g/mol. The molecule has 0 aromatic carbocycles. The van der Waals surface area contributed by atoms with Crippen molar-refractivity contribution in [3.63, 3.8) is 0 Å². The van der Waals surface area contributed by atoms with E-state index in [1.807, 2.05) is 0 Å². The fourth-order valence-electron chi connectivity index (χ4n) is 1.57. The van der Waals surface area contributed by atoms with Crippen molar-refractivity contribution in [1.29, 1.82) is 0 Å². The number of anilines is 2. The zero-order chi connectivity index (χ0) is 12.5. The smallest absolute Gasteiger partial charge is 0.239 e. The van der Waals surface area contributed by atoms with Crippen LogP contribution in [0.1, 0.15) is 0 Å². The quantitative estimate of drug-likeness (QED) is 0.527. The summed E-state index contributed by atoms with van der Waals surface area (Å²) in [4.78, 5) is 9.05. The van der Waals surface area contributed by atoms with E-state index in [1.54, 1.807) is 4.90 Å². The molecule has 0 aliphatic carbocycles. The Morgan fingerprint density at radius 1 is 1.41 bits per heavy atom. The predicted molar refractivity (Wildman–Crippen MR) is 60.7 cm³/mol. The van der Waals surface area contributed by atoms with Gasteiger partial charge in [-0.3, -0.25) is 5.43 Å². The van der Waals surface area contributed by atoms with E-state index in [0.717, 1.165) is 6.20 Å². The third-order valence-corrected chi connectivity index (χ3v) is 4.11. The Hall–Kier alpha value is -1.48. The first-order valence-corrected chi connectivity index (χ1v) is 6.78. The van der Waals surface area contributed by atoms with Crippen LogP contribution in [0.5, 0.6) is 0 Å². The van der Waals surface area contributed by atoms with Gasteiger partial charge in [-0.1, -0.05) is 0 Å². The van der Waals surface area contributed by atoms with Crippen LogP contribution >= 0.6 is 0 Å². The van der Waals surface area contributed by atoms with Crippen molar-refractivity contribution < 1.29 is 12.8 Å². The molecule has 1 saturated heterocycles. The van der Waals surface area contributed by atoms with E-state index < -0.39 is 15.7 Å². The number of nitrogen functional groups attached to an aromatic ring is 1. The van der Waals surface area contributed by atoms with Gasteiger partial charge in [0.15, 0.2) is 21.5 Å². The number of hydrogen-bond donors (Lipinski definition) is 2. The molecule has 0 radical (unpaired) electrons. The first-order valence-electron chi connectivity index (χ1n) is 4.96. The molecule has 17 heavy (non-hydrogen) atoms. The molecule has 2 heterocycles. The van der Waals surface area contributed by atoms with Gasteiger partial charge in [-0.25, -0.2) is 23.6 Å². The van der Waals surface area contributed by atoms with Gasteiger partial charge < -0.3 is 4.90 Å². The van der Waals surface area contributed by atoms with Crippen LogP contribution in [0.3, 0.4) is 0 Å². The molecule has 1 aromatic rings. The molecular weight excluding hydrogens is 249 g/mol. The molecule has 0 spiro atoms. The van der Waals surface area contributed by atoms with Gasteiger partial charge in [-0.15, -0.1) is 0 Å². The first kappa shape index (κ1) is 12.0. The van der Waals surface area contributed by atoms with Crippen LogP contribution in [-0.2, 0) is 9.84 Å². The molecule has 1 aliphatic rings. The Bertz CT molecular complexity index is 507. The Balaban J connectivity index is 2.23. The molecule has 1 fully saturated rings. The third-order valence-electron chi connectivity index (χ3n) is 2.50. The normalized spacial score (nSPS) is 19.1. The van der Waals surface area contributed by atoms with Gasteiger partial charge in [0.2, 0.25) is 5.95 Å². The summed E-state index contributed by atoms with van der Waals surface area (Å²) in [5.74, 6) is 4.70. The predicted octanol–water partition coefficient (Wildman–Crippen LogP) is -0.864. The second-order valence-corrected chi connectivity index (χ2v) is 5.95. The van der Waals surface area contributed by atoms with Crippen LogP contribution in [-0.4, -0.2) is 43.0 Å². The van der Waals surface area contributed by atoms with E-state index in [1.165, 1.54) is 0 Å². The topological polar surface area (TPSA) is 101 Å². The molecule has 1 aliphatic heterocycles. The van der Waals surface area contributed by atoms with E-state index in [2.05, 4.69) is 15.4 Å². The lowest BCUT2D eigenvalue weighted by Gasteiger charge is -2.27. The molecule has 0 atom stereocenters. The van der Waals surface area contributed by atoms with Gasteiger partial charge in [0, 0.05) is 13.1 Å². The lowest BCUT2D eigenvalue weighted by molar-refractivity contribution is 0.577. The lowest BCUT2D eigenvalue weighted by atomic mass is 10.4. The number of rotatable bonds is 2. The van der Waals surface area contributed by atoms with Gasteiger partial charge in [-0.05, 0) is 0 Å². The number of hydrazine groups is 1. The minimum absolute atomic E-state index is 0.00182. The van der Waals surface area contributed by atoms with Crippen LogP contribution in [0.25, 0.3) is 0 Å². The van der Waals surface area contributed by atoms with Gasteiger partial charge >= 0.3 is 0 Å². The van der Waals surface area contributed by atoms with E-state index in [9.17, 15) is 12.8 Å². The summed E-state index contributed by atoms with van der Waals surface area (Å²) >= 11 is 0. The van der Waals surface area contributed by atoms with Crippen molar-refractivity contribution in [3.8, 4) is 0 Å². The number of aromatic nitrogens is 2. The zero-order valence-corrected chi connectivity index (χ0v) is 9.74. The maximum atomic E-state index is 13.5. The van der Waals surface area contributed by atoms with Gasteiger partial charge in [0.1, 0.15) is 0 Å². The standard InChI is InChI=1S/C8H12FN5O2S/c9-6-5-11-8(13-10)12-7(6)14-1-3-17(15,16)4-2-14/h5H,1-4,10H2,(H,11,12,13). The van der Waals surface area contributed by atoms with E-state index >= 15 is 0 Å². The number of nitrogens with zero attached hydrogens (tertiary/aromatic N) is 3.